The summed E-state index contributed by atoms with van der Waals surface area (Å²) < 4.78 is 5.56. The van der Waals surface area contributed by atoms with E-state index < -0.39 is 12.2 Å². The molecule has 2 unspecified atom stereocenters. The van der Waals surface area contributed by atoms with Crippen molar-refractivity contribution in [2.75, 3.05) is 6.54 Å². The molecular formula is C21H29NO4. The van der Waals surface area contributed by atoms with Gasteiger partial charge in [0.2, 0.25) is 0 Å². The second-order valence-electron chi connectivity index (χ2n) is 8.42. The van der Waals surface area contributed by atoms with Crippen molar-refractivity contribution in [1.82, 2.24) is 5.32 Å². The molecule has 1 aromatic carbocycles. The highest BCUT2D eigenvalue weighted by Crippen LogP contribution is 2.34. The first kappa shape index (κ1) is 19.1. The molecule has 26 heavy (non-hydrogen) atoms. The van der Waals surface area contributed by atoms with Crippen molar-refractivity contribution < 1.29 is 14.6 Å². The third-order valence-electron chi connectivity index (χ3n) is 5.02. The molecule has 2 aromatic rings. The van der Waals surface area contributed by atoms with E-state index in [4.69, 9.17) is 4.42 Å². The standard InChI is InChI=1S/C21H29NO4/c1-12-9-15(19(24)16(23)11-22-21(2,3)4)18-13-7-5-6-8-14(13)20(25)26-17(18)10-12/h9-10,16,19,22-24H,5-8,11H2,1-4H3. The second-order valence-corrected chi connectivity index (χ2v) is 8.42. The van der Waals surface area contributed by atoms with Gasteiger partial charge < -0.3 is 19.9 Å². The Balaban J connectivity index is 2.08. The van der Waals surface area contributed by atoms with Crippen LogP contribution in [0.25, 0.3) is 11.0 Å². The van der Waals surface area contributed by atoms with Crippen LogP contribution in [-0.2, 0) is 12.8 Å². The van der Waals surface area contributed by atoms with Gasteiger partial charge in [0.05, 0.1) is 6.10 Å². The summed E-state index contributed by atoms with van der Waals surface area (Å²) in [6, 6.07) is 3.73. The summed E-state index contributed by atoms with van der Waals surface area (Å²) >= 11 is 0. The maximum Gasteiger partial charge on any atom is 0.339 e. The predicted octanol–water partition coefficient (Wildman–Crippen LogP) is 2.76. The van der Waals surface area contributed by atoms with E-state index in [1.165, 1.54) is 0 Å². The molecule has 0 saturated carbocycles. The topological polar surface area (TPSA) is 82.7 Å². The van der Waals surface area contributed by atoms with Crippen LogP contribution in [0.1, 0.15) is 62.0 Å². The summed E-state index contributed by atoms with van der Waals surface area (Å²) in [5.74, 6) is 0. The molecule has 142 valence electrons. The van der Waals surface area contributed by atoms with Gasteiger partial charge in [0.15, 0.2) is 0 Å². The first-order valence-corrected chi connectivity index (χ1v) is 9.37. The van der Waals surface area contributed by atoms with Crippen LogP contribution in [0, 0.1) is 6.92 Å². The Hall–Kier alpha value is -1.69. The Kier molecular flexibility index (Phi) is 5.24. The van der Waals surface area contributed by atoms with Gasteiger partial charge in [-0.2, -0.15) is 0 Å². The number of aliphatic hydroxyl groups is 2. The van der Waals surface area contributed by atoms with E-state index in [1.54, 1.807) is 0 Å². The Bertz CT molecular complexity index is 863. The molecule has 0 aliphatic heterocycles. The fourth-order valence-electron chi connectivity index (χ4n) is 3.71. The Labute approximate surface area is 154 Å². The third kappa shape index (κ3) is 3.85. The van der Waals surface area contributed by atoms with Crippen LogP contribution >= 0.6 is 0 Å². The molecule has 0 spiro atoms. The van der Waals surface area contributed by atoms with E-state index >= 15 is 0 Å². The molecule has 2 atom stereocenters. The van der Waals surface area contributed by atoms with E-state index in [-0.39, 0.29) is 17.7 Å². The Morgan fingerprint density at radius 1 is 1.15 bits per heavy atom. The van der Waals surface area contributed by atoms with E-state index in [0.29, 0.717) is 17.6 Å². The largest absolute Gasteiger partial charge is 0.422 e. The van der Waals surface area contributed by atoms with Crippen LogP contribution < -0.4 is 10.9 Å². The van der Waals surface area contributed by atoms with Crippen molar-refractivity contribution in [3.05, 3.63) is 44.8 Å². The van der Waals surface area contributed by atoms with Gasteiger partial charge in [0.25, 0.3) is 0 Å². The minimum Gasteiger partial charge on any atom is -0.422 e. The number of aryl methyl sites for hydroxylation is 2. The van der Waals surface area contributed by atoms with E-state index in [2.05, 4.69) is 5.32 Å². The summed E-state index contributed by atoms with van der Waals surface area (Å²) in [6.45, 7) is 8.21. The van der Waals surface area contributed by atoms with Gasteiger partial charge in [0.1, 0.15) is 11.7 Å². The van der Waals surface area contributed by atoms with Crippen LogP contribution in [-0.4, -0.2) is 28.4 Å². The number of hydrogen-bond acceptors (Lipinski definition) is 5. The van der Waals surface area contributed by atoms with Crippen LogP contribution in [0.5, 0.6) is 0 Å². The molecule has 1 aromatic heterocycles. The normalized spacial score (nSPS) is 17.2. The molecule has 0 radical (unpaired) electrons. The highest BCUT2D eigenvalue weighted by atomic mass is 16.4. The first-order valence-electron chi connectivity index (χ1n) is 9.37. The number of nitrogens with one attached hydrogen (secondary N) is 1. The van der Waals surface area contributed by atoms with Gasteiger partial charge in [-0.3, -0.25) is 0 Å². The number of β-amino-alcohol motifs (C(OH)–C–C–N with tert-alkyl or cyclic N) is 1. The summed E-state index contributed by atoms with van der Waals surface area (Å²) in [7, 11) is 0. The lowest BCUT2D eigenvalue weighted by Crippen LogP contribution is -2.42. The average Bonchev–Trinajstić information content (AvgIpc) is 2.57. The Morgan fingerprint density at radius 3 is 2.46 bits per heavy atom. The number of fused-ring (bicyclic) bond motifs is 3. The maximum absolute atomic E-state index is 12.3. The Morgan fingerprint density at radius 2 is 1.81 bits per heavy atom. The molecule has 5 heteroatoms. The summed E-state index contributed by atoms with van der Waals surface area (Å²) in [6.07, 6.45) is 1.51. The second kappa shape index (κ2) is 7.14. The van der Waals surface area contributed by atoms with Gasteiger partial charge >= 0.3 is 5.63 Å². The predicted molar refractivity (Wildman–Crippen MR) is 103 cm³/mol. The summed E-state index contributed by atoms with van der Waals surface area (Å²) in [5.41, 5.74) is 3.32. The minimum absolute atomic E-state index is 0.151. The highest BCUT2D eigenvalue weighted by Gasteiger charge is 2.27. The molecule has 0 amide bonds. The maximum atomic E-state index is 12.3. The zero-order chi connectivity index (χ0) is 19.1. The van der Waals surface area contributed by atoms with Crippen molar-refractivity contribution in [2.24, 2.45) is 0 Å². The molecular weight excluding hydrogens is 330 g/mol. The van der Waals surface area contributed by atoms with Crippen LogP contribution in [0.2, 0.25) is 0 Å². The molecule has 0 fully saturated rings. The molecule has 1 aliphatic carbocycles. The smallest absolute Gasteiger partial charge is 0.339 e. The van der Waals surface area contributed by atoms with E-state index in [9.17, 15) is 15.0 Å². The lowest BCUT2D eigenvalue weighted by molar-refractivity contribution is 0.0165. The van der Waals surface area contributed by atoms with Crippen LogP contribution in [0.3, 0.4) is 0 Å². The molecule has 3 N–H and O–H groups in total. The fraction of sp³-hybridized carbons (Fsp3) is 0.571. The molecule has 0 saturated heterocycles. The number of rotatable bonds is 4. The third-order valence-corrected chi connectivity index (χ3v) is 5.02. The molecule has 1 heterocycles. The van der Waals surface area contributed by atoms with Gasteiger partial charge in [-0.15, -0.1) is 0 Å². The summed E-state index contributed by atoms with van der Waals surface area (Å²) in [5, 5.41) is 25.4. The number of hydrogen-bond donors (Lipinski definition) is 3. The zero-order valence-electron chi connectivity index (χ0n) is 16.1. The lowest BCUT2D eigenvalue weighted by atomic mass is 9.86. The monoisotopic (exact) mass is 359 g/mol. The van der Waals surface area contributed by atoms with Crippen molar-refractivity contribution >= 4 is 11.0 Å². The molecule has 1 aliphatic rings. The van der Waals surface area contributed by atoms with Crippen molar-refractivity contribution in [3.8, 4) is 0 Å². The van der Waals surface area contributed by atoms with Gasteiger partial charge in [0, 0.05) is 23.0 Å². The van der Waals surface area contributed by atoms with Gasteiger partial charge in [-0.25, -0.2) is 4.79 Å². The minimum atomic E-state index is -1.05. The van der Waals surface area contributed by atoms with Crippen molar-refractivity contribution in [3.63, 3.8) is 0 Å². The first-order chi connectivity index (χ1) is 12.2. The van der Waals surface area contributed by atoms with Crippen LogP contribution in [0.15, 0.2) is 21.3 Å². The van der Waals surface area contributed by atoms with E-state index in [1.807, 2.05) is 39.8 Å². The molecule has 3 rings (SSSR count). The van der Waals surface area contributed by atoms with Crippen molar-refractivity contribution in [1.29, 1.82) is 0 Å². The van der Waals surface area contributed by atoms with Gasteiger partial charge in [-0.1, -0.05) is 6.07 Å². The SMILES string of the molecule is Cc1cc(C(O)C(O)CNC(C)(C)C)c2c3c(c(=O)oc2c1)CCCC3. The quantitative estimate of drug-likeness (QED) is 0.731. The highest BCUT2D eigenvalue weighted by molar-refractivity contribution is 5.86. The number of benzene rings is 1. The number of aliphatic hydroxyl groups excluding tert-OH is 2. The molecule has 5 nitrogen and oxygen atoms in total. The van der Waals surface area contributed by atoms with Crippen LogP contribution in [0.4, 0.5) is 0 Å². The zero-order valence-corrected chi connectivity index (χ0v) is 16.1. The summed E-state index contributed by atoms with van der Waals surface area (Å²) in [4.78, 5) is 12.3. The van der Waals surface area contributed by atoms with Gasteiger partial charge in [-0.05, 0) is 76.1 Å². The van der Waals surface area contributed by atoms with E-state index in [0.717, 1.165) is 41.3 Å². The van der Waals surface area contributed by atoms with Crippen molar-refractivity contribution in [2.45, 2.75) is 71.1 Å². The molecule has 0 bridgehead atoms. The lowest BCUT2D eigenvalue weighted by Gasteiger charge is -2.27. The fourth-order valence-corrected chi connectivity index (χ4v) is 3.71. The average molecular weight is 359 g/mol.